The number of nitrogens with one attached hydrogen (secondary N) is 2. The predicted molar refractivity (Wildman–Crippen MR) is 92.1 cm³/mol. The maximum Gasteiger partial charge on any atom is 0.402 e. The van der Waals surface area contributed by atoms with Crippen LogP contribution in [0, 0.1) is 5.92 Å². The molecular weight excluding hydrogens is 369 g/mol. The summed E-state index contributed by atoms with van der Waals surface area (Å²) < 4.78 is 61.5. The van der Waals surface area contributed by atoms with Crippen molar-refractivity contribution in [2.45, 2.75) is 56.0 Å². The molecule has 1 aliphatic carbocycles. The van der Waals surface area contributed by atoms with Crippen LogP contribution >= 0.6 is 0 Å². The average molecular weight is 392 g/mol. The molecule has 9 heteroatoms. The first kappa shape index (κ1) is 20.7. The number of hydrogen-bond donors (Lipinski definition) is 2. The van der Waals surface area contributed by atoms with Crippen LogP contribution in [0.1, 0.15) is 44.9 Å². The van der Waals surface area contributed by atoms with E-state index in [0.29, 0.717) is 18.0 Å². The van der Waals surface area contributed by atoms with E-state index in [2.05, 4.69) is 5.32 Å². The molecule has 26 heavy (non-hydrogen) atoms. The van der Waals surface area contributed by atoms with Crippen molar-refractivity contribution >= 4 is 21.6 Å². The zero-order valence-electron chi connectivity index (χ0n) is 14.3. The van der Waals surface area contributed by atoms with Gasteiger partial charge >= 0.3 is 6.18 Å². The van der Waals surface area contributed by atoms with Crippen LogP contribution in [0.5, 0.6) is 0 Å². The van der Waals surface area contributed by atoms with Gasteiger partial charge in [0.25, 0.3) is 0 Å². The van der Waals surface area contributed by atoms with E-state index >= 15 is 0 Å². The molecular formula is C17H23F3N2O3S. The first-order valence-electron chi connectivity index (χ1n) is 8.62. The molecule has 0 unspecified atom stereocenters. The van der Waals surface area contributed by atoms with Crippen molar-refractivity contribution < 1.29 is 26.4 Å². The maximum absolute atomic E-state index is 12.1. The fourth-order valence-electron chi connectivity index (χ4n) is 3.01. The predicted octanol–water partition coefficient (Wildman–Crippen LogP) is 3.83. The number of benzene rings is 1. The van der Waals surface area contributed by atoms with E-state index in [9.17, 15) is 26.4 Å². The maximum atomic E-state index is 12.1. The molecule has 2 N–H and O–H groups in total. The fraction of sp³-hybridized carbons (Fsp3) is 0.588. The molecule has 1 aliphatic rings. The van der Waals surface area contributed by atoms with Crippen molar-refractivity contribution in [2.24, 2.45) is 5.92 Å². The van der Waals surface area contributed by atoms with Crippen LogP contribution in [0.2, 0.25) is 0 Å². The molecule has 1 aromatic carbocycles. The van der Waals surface area contributed by atoms with E-state index in [-0.39, 0.29) is 10.8 Å². The van der Waals surface area contributed by atoms with Crippen LogP contribution in [0.15, 0.2) is 29.2 Å². The molecule has 0 saturated heterocycles. The fourth-order valence-corrected chi connectivity index (χ4v) is 4.03. The van der Waals surface area contributed by atoms with Crippen molar-refractivity contribution in [1.82, 2.24) is 4.72 Å². The molecule has 0 atom stereocenters. The summed E-state index contributed by atoms with van der Waals surface area (Å²) in [6, 6.07) is 5.05. The quantitative estimate of drug-likeness (QED) is 0.741. The lowest BCUT2D eigenvalue weighted by Crippen LogP contribution is -2.33. The Bertz CT molecular complexity index is 697. The van der Waals surface area contributed by atoms with Crippen molar-refractivity contribution in [3.05, 3.63) is 24.3 Å². The van der Waals surface area contributed by atoms with Crippen LogP contribution in [-0.4, -0.2) is 27.0 Å². The summed E-state index contributed by atoms with van der Waals surface area (Å²) in [7, 11) is -4.25. The van der Waals surface area contributed by atoms with E-state index in [1.165, 1.54) is 36.1 Å². The second kappa shape index (κ2) is 8.85. The summed E-state index contributed by atoms with van der Waals surface area (Å²) in [4.78, 5) is 11.7. The molecule has 0 heterocycles. The number of amides is 1. The number of carbonyl (C=O) groups excluding carboxylic acids is 1. The summed E-state index contributed by atoms with van der Waals surface area (Å²) in [5, 5.41) is 2.68. The number of rotatable bonds is 7. The lowest BCUT2D eigenvalue weighted by molar-refractivity contribution is -0.121. The molecule has 1 aromatic rings. The Kier molecular flexibility index (Phi) is 7.05. The van der Waals surface area contributed by atoms with Crippen molar-refractivity contribution in [3.8, 4) is 0 Å². The minimum atomic E-state index is -4.63. The Morgan fingerprint density at radius 1 is 1.08 bits per heavy atom. The lowest BCUT2D eigenvalue weighted by atomic mass is 9.86. The zero-order valence-corrected chi connectivity index (χ0v) is 15.1. The molecule has 0 aliphatic heterocycles. The van der Waals surface area contributed by atoms with Crippen molar-refractivity contribution in [3.63, 3.8) is 0 Å². The van der Waals surface area contributed by atoms with Gasteiger partial charge in [0.05, 0.1) is 4.90 Å². The number of sulfonamides is 1. The van der Waals surface area contributed by atoms with Gasteiger partial charge < -0.3 is 5.32 Å². The Labute approximate surface area is 151 Å². The number of hydrogen-bond acceptors (Lipinski definition) is 3. The Hall–Kier alpha value is -1.61. The summed E-state index contributed by atoms with van der Waals surface area (Å²) in [6.07, 6.45) is 2.61. The number of halogens is 3. The molecule has 0 spiro atoms. The molecule has 1 saturated carbocycles. The first-order valence-corrected chi connectivity index (χ1v) is 10.1. The van der Waals surface area contributed by atoms with Gasteiger partial charge in [0, 0.05) is 12.1 Å². The van der Waals surface area contributed by atoms with Gasteiger partial charge in [0.1, 0.15) is 6.54 Å². The largest absolute Gasteiger partial charge is 0.402 e. The normalized spacial score (nSPS) is 16.4. The molecule has 5 nitrogen and oxygen atoms in total. The Morgan fingerprint density at radius 3 is 2.27 bits per heavy atom. The molecule has 146 valence electrons. The van der Waals surface area contributed by atoms with E-state index in [1.807, 2.05) is 0 Å². The average Bonchev–Trinajstić information content (AvgIpc) is 2.59. The van der Waals surface area contributed by atoms with Crippen LogP contribution in [0.4, 0.5) is 18.9 Å². The second-order valence-corrected chi connectivity index (χ2v) is 8.32. The van der Waals surface area contributed by atoms with Crippen molar-refractivity contribution in [2.75, 3.05) is 11.9 Å². The topological polar surface area (TPSA) is 75.3 Å². The van der Waals surface area contributed by atoms with E-state index < -0.39 is 22.7 Å². The van der Waals surface area contributed by atoms with Crippen LogP contribution in [-0.2, 0) is 14.8 Å². The number of alkyl halides is 3. The minimum Gasteiger partial charge on any atom is -0.326 e. The van der Waals surface area contributed by atoms with Gasteiger partial charge in [-0.2, -0.15) is 13.2 Å². The van der Waals surface area contributed by atoms with Crippen molar-refractivity contribution in [1.29, 1.82) is 0 Å². The van der Waals surface area contributed by atoms with Gasteiger partial charge in [-0.15, -0.1) is 0 Å². The monoisotopic (exact) mass is 392 g/mol. The SMILES string of the molecule is O=C(CCC1CCCCC1)Nc1ccc(S(=O)(=O)NCC(F)(F)F)cc1. The second-order valence-electron chi connectivity index (χ2n) is 6.55. The van der Waals surface area contributed by atoms with E-state index in [1.54, 1.807) is 0 Å². The summed E-state index contributed by atoms with van der Waals surface area (Å²) in [5.41, 5.74) is 0.411. The number of carbonyl (C=O) groups is 1. The molecule has 0 radical (unpaired) electrons. The summed E-state index contributed by atoms with van der Waals surface area (Å²) in [5.74, 6) is 0.433. The van der Waals surface area contributed by atoms with Crippen LogP contribution < -0.4 is 10.0 Å². The third kappa shape index (κ3) is 6.95. The minimum absolute atomic E-state index is 0.152. The van der Waals surface area contributed by atoms with Gasteiger partial charge in [-0.25, -0.2) is 13.1 Å². The summed E-state index contributed by atoms with van der Waals surface area (Å²) >= 11 is 0. The van der Waals surface area contributed by atoms with Gasteiger partial charge in [0.15, 0.2) is 0 Å². The molecule has 0 aromatic heterocycles. The highest BCUT2D eigenvalue weighted by Gasteiger charge is 2.30. The molecule has 1 amide bonds. The van der Waals surface area contributed by atoms with Crippen LogP contribution in [0.25, 0.3) is 0 Å². The van der Waals surface area contributed by atoms with Gasteiger partial charge in [-0.05, 0) is 36.6 Å². The molecule has 2 rings (SSSR count). The third-order valence-electron chi connectivity index (χ3n) is 4.42. The van der Waals surface area contributed by atoms with Crippen LogP contribution in [0.3, 0.4) is 0 Å². The number of anilines is 1. The highest BCUT2D eigenvalue weighted by atomic mass is 32.2. The van der Waals surface area contributed by atoms with E-state index in [0.717, 1.165) is 31.4 Å². The summed E-state index contributed by atoms with van der Waals surface area (Å²) in [6.45, 7) is -1.63. The molecule has 0 bridgehead atoms. The van der Waals surface area contributed by atoms with E-state index in [4.69, 9.17) is 0 Å². The van der Waals surface area contributed by atoms with Gasteiger partial charge in [0.2, 0.25) is 15.9 Å². The smallest absolute Gasteiger partial charge is 0.326 e. The Morgan fingerprint density at radius 2 is 1.69 bits per heavy atom. The standard InChI is InChI=1S/C17H23F3N2O3S/c18-17(19,20)12-21-26(24,25)15-9-7-14(8-10-15)22-16(23)11-6-13-4-2-1-3-5-13/h7-10,13,21H,1-6,11-12H2,(H,22,23). The Balaban J connectivity index is 1.85. The lowest BCUT2D eigenvalue weighted by Gasteiger charge is -2.21. The highest BCUT2D eigenvalue weighted by Crippen LogP contribution is 2.27. The molecule has 1 fully saturated rings. The third-order valence-corrected chi connectivity index (χ3v) is 5.83. The highest BCUT2D eigenvalue weighted by molar-refractivity contribution is 7.89. The van der Waals surface area contributed by atoms with Gasteiger partial charge in [-0.3, -0.25) is 4.79 Å². The zero-order chi connectivity index (χ0) is 19.2. The first-order chi connectivity index (χ1) is 12.2. The van der Waals surface area contributed by atoms with Gasteiger partial charge in [-0.1, -0.05) is 32.1 Å².